The Hall–Kier alpha value is -1.50. The van der Waals surface area contributed by atoms with Gasteiger partial charge in [-0.1, -0.05) is 158 Å². The fraction of sp³-hybridized carbons (Fsp3) is 0.697. The molecule has 1 aromatic carbocycles. The molecule has 0 saturated heterocycles. The van der Waals surface area contributed by atoms with E-state index in [1.54, 1.807) is 11.1 Å². The van der Waals surface area contributed by atoms with Gasteiger partial charge in [-0.3, -0.25) is 0 Å². The molecule has 0 spiro atoms. The van der Waals surface area contributed by atoms with E-state index >= 15 is 0 Å². The van der Waals surface area contributed by atoms with Gasteiger partial charge in [-0.15, -0.1) is 0 Å². The Morgan fingerprint density at radius 3 is 1.32 bits per heavy atom. The summed E-state index contributed by atoms with van der Waals surface area (Å²) in [7, 11) is 0. The van der Waals surface area contributed by atoms with E-state index in [9.17, 15) is 0 Å². The molecule has 1 heteroatoms. The van der Waals surface area contributed by atoms with Gasteiger partial charge in [0, 0.05) is 5.69 Å². The van der Waals surface area contributed by atoms with Crippen LogP contribution in [0.3, 0.4) is 0 Å². The fourth-order valence-corrected chi connectivity index (χ4v) is 2.20. The topological polar surface area (TPSA) is 26.0 Å². The lowest BCUT2D eigenvalue weighted by molar-refractivity contribution is 0.767. The first-order valence-electron chi connectivity index (χ1n) is 14.6. The summed E-state index contributed by atoms with van der Waals surface area (Å²) in [6.45, 7) is 33.8. The van der Waals surface area contributed by atoms with Gasteiger partial charge in [0.05, 0.1) is 0 Å². The molecule has 0 fully saturated rings. The maximum absolute atomic E-state index is 5.36. The van der Waals surface area contributed by atoms with Crippen molar-refractivity contribution in [2.75, 3.05) is 5.73 Å². The number of benzene rings is 1. The minimum atomic E-state index is 0.822. The average Bonchev–Trinajstić information content (AvgIpc) is 2.90. The van der Waals surface area contributed by atoms with Crippen molar-refractivity contribution in [3.63, 3.8) is 0 Å². The van der Waals surface area contributed by atoms with E-state index in [2.05, 4.69) is 62.0 Å². The van der Waals surface area contributed by atoms with Gasteiger partial charge in [0.2, 0.25) is 0 Å². The number of rotatable bonds is 8. The molecule has 1 rings (SSSR count). The van der Waals surface area contributed by atoms with Crippen molar-refractivity contribution in [1.29, 1.82) is 0 Å². The summed E-state index contributed by atoms with van der Waals surface area (Å²) in [6.07, 6.45) is 11.3. The Kier molecular flexibility index (Phi) is 65.9. The van der Waals surface area contributed by atoms with Crippen LogP contribution in [0.2, 0.25) is 0 Å². The van der Waals surface area contributed by atoms with Crippen LogP contribution in [0.25, 0.3) is 0 Å². The molecule has 206 valence electrons. The molecule has 0 bridgehead atoms. The van der Waals surface area contributed by atoms with Crippen molar-refractivity contribution in [3.8, 4) is 0 Å². The Morgan fingerprint density at radius 1 is 0.676 bits per heavy atom. The molecule has 0 aliphatic carbocycles. The van der Waals surface area contributed by atoms with Crippen LogP contribution in [0.5, 0.6) is 0 Å². The van der Waals surface area contributed by atoms with Crippen molar-refractivity contribution < 1.29 is 0 Å². The highest BCUT2D eigenvalue weighted by atomic mass is 14.5. The van der Waals surface area contributed by atoms with E-state index in [1.165, 1.54) is 56.9 Å². The largest absolute Gasteiger partial charge is 0.399 e. The van der Waals surface area contributed by atoms with Gasteiger partial charge in [0.1, 0.15) is 0 Å². The summed E-state index contributed by atoms with van der Waals surface area (Å²) in [5.41, 5.74) is 10.6. The number of hydrogen-bond donors (Lipinski definition) is 1. The maximum Gasteiger partial charge on any atom is 0.0313 e. The summed E-state index contributed by atoms with van der Waals surface area (Å²) >= 11 is 0. The van der Waals surface area contributed by atoms with Crippen LogP contribution in [0, 0.1) is 0 Å². The van der Waals surface area contributed by atoms with E-state index in [1.807, 2.05) is 71.9 Å². The normalized spacial score (nSPS) is 8.88. The lowest BCUT2D eigenvalue weighted by atomic mass is 9.93. The van der Waals surface area contributed by atoms with E-state index in [-0.39, 0.29) is 0 Å². The van der Waals surface area contributed by atoms with Gasteiger partial charge >= 0.3 is 0 Å². The van der Waals surface area contributed by atoms with Gasteiger partial charge < -0.3 is 5.73 Å². The van der Waals surface area contributed by atoms with Gasteiger partial charge in [-0.05, 0) is 50.3 Å². The second-order valence-corrected chi connectivity index (χ2v) is 7.19. The maximum atomic E-state index is 5.36. The van der Waals surface area contributed by atoms with E-state index in [0.717, 1.165) is 12.1 Å². The number of anilines is 1. The Morgan fingerprint density at radius 2 is 1.09 bits per heavy atom. The third kappa shape index (κ3) is 44.2. The van der Waals surface area contributed by atoms with Crippen LogP contribution in [-0.2, 0) is 0 Å². The Labute approximate surface area is 219 Å². The molecule has 0 radical (unpaired) electrons. The average molecular weight is 480 g/mol. The van der Waals surface area contributed by atoms with Crippen molar-refractivity contribution in [1.82, 2.24) is 0 Å². The first-order valence-corrected chi connectivity index (χ1v) is 14.6. The summed E-state index contributed by atoms with van der Waals surface area (Å²) in [4.78, 5) is 0. The highest BCUT2D eigenvalue weighted by Crippen LogP contribution is 2.24. The summed E-state index contributed by atoms with van der Waals surface area (Å²) in [5, 5.41) is 0. The number of para-hydroxylation sites is 1. The van der Waals surface area contributed by atoms with Gasteiger partial charge in [0.15, 0.2) is 0 Å². The van der Waals surface area contributed by atoms with Gasteiger partial charge in [-0.25, -0.2) is 0 Å². The van der Waals surface area contributed by atoms with E-state index < -0.39 is 0 Å². The molecular weight excluding hydrogens is 410 g/mol. The SMILES string of the molecule is C=C(CC)/C(CCC)=C(\C)CCCC.CC.CC.CC.CCC.CCCC.Nc1ccccc1. The molecule has 0 unspecified atom stereocenters. The number of hydrogen-bond acceptors (Lipinski definition) is 1. The number of nitrogen functional groups attached to an aromatic ring is 1. The number of unbranched alkanes of at least 4 members (excludes halogenated alkanes) is 2. The highest BCUT2D eigenvalue weighted by Gasteiger charge is 2.04. The zero-order valence-corrected chi connectivity index (χ0v) is 26.5. The molecule has 34 heavy (non-hydrogen) atoms. The first kappa shape index (κ1) is 45.9. The molecular formula is C33H69N. The molecule has 2 N–H and O–H groups in total. The third-order valence-electron chi connectivity index (χ3n) is 4.07. The molecule has 0 aromatic heterocycles. The predicted molar refractivity (Wildman–Crippen MR) is 168 cm³/mol. The second-order valence-electron chi connectivity index (χ2n) is 7.19. The van der Waals surface area contributed by atoms with Crippen LogP contribution in [-0.4, -0.2) is 0 Å². The molecule has 0 heterocycles. The van der Waals surface area contributed by atoms with Crippen LogP contribution in [0.4, 0.5) is 5.69 Å². The standard InChI is InChI=1S/C14H26.C6H7N.C4H10.C3H8.3C2H6/c1-6-9-11-13(5)14(10-7-2)12(4)8-3;7-6-4-2-1-3-5-6;1-3-4-2;1-3-2;3*1-2/h4,6-11H2,1-3,5H3;1-5H,7H2;3-4H2,1-2H3;3H2,1-2H3;3*1-2H3/b14-13+;;;;;;. The van der Waals surface area contributed by atoms with Gasteiger partial charge in [-0.2, -0.15) is 0 Å². The molecule has 1 aromatic rings. The monoisotopic (exact) mass is 480 g/mol. The van der Waals surface area contributed by atoms with Crippen LogP contribution in [0.15, 0.2) is 53.6 Å². The minimum Gasteiger partial charge on any atom is -0.399 e. The molecule has 1 nitrogen and oxygen atoms in total. The molecule has 0 saturated carbocycles. The van der Waals surface area contributed by atoms with Crippen molar-refractivity contribution >= 4 is 5.69 Å². The smallest absolute Gasteiger partial charge is 0.0313 e. The summed E-state index contributed by atoms with van der Waals surface area (Å²) in [5.74, 6) is 0. The Balaban J connectivity index is -0.0000000817. The molecule has 0 aliphatic rings. The van der Waals surface area contributed by atoms with Gasteiger partial charge in [0.25, 0.3) is 0 Å². The van der Waals surface area contributed by atoms with Crippen molar-refractivity contribution in [2.24, 2.45) is 0 Å². The summed E-state index contributed by atoms with van der Waals surface area (Å²) in [6, 6.07) is 9.49. The van der Waals surface area contributed by atoms with Crippen LogP contribution >= 0.6 is 0 Å². The summed E-state index contributed by atoms with van der Waals surface area (Å²) < 4.78 is 0. The quantitative estimate of drug-likeness (QED) is 0.291. The lowest BCUT2D eigenvalue weighted by Gasteiger charge is -2.13. The number of nitrogens with two attached hydrogens (primary N) is 1. The van der Waals surface area contributed by atoms with Crippen LogP contribution in [0.1, 0.15) is 155 Å². The zero-order valence-electron chi connectivity index (χ0n) is 26.5. The molecule has 0 atom stereocenters. The predicted octanol–water partition coefficient (Wildman–Crippen LogP) is 12.8. The lowest BCUT2D eigenvalue weighted by Crippen LogP contribution is -1.93. The van der Waals surface area contributed by atoms with E-state index in [0.29, 0.717) is 0 Å². The Bertz CT molecular complexity index is 455. The molecule has 0 aliphatic heterocycles. The van der Waals surface area contributed by atoms with E-state index in [4.69, 9.17) is 5.73 Å². The highest BCUT2D eigenvalue weighted by molar-refractivity contribution is 5.36. The fourth-order valence-electron chi connectivity index (χ4n) is 2.20. The van der Waals surface area contributed by atoms with Crippen molar-refractivity contribution in [3.05, 3.63) is 53.6 Å². The zero-order chi connectivity index (χ0) is 28.2. The third-order valence-corrected chi connectivity index (χ3v) is 4.07. The second kappa shape index (κ2) is 48.8. The number of allylic oxidation sites excluding steroid dienone is 3. The first-order chi connectivity index (χ1) is 16.4. The van der Waals surface area contributed by atoms with Crippen molar-refractivity contribution in [2.45, 2.75) is 155 Å². The molecule has 0 amide bonds. The minimum absolute atomic E-state index is 0.822. The van der Waals surface area contributed by atoms with Crippen LogP contribution < -0.4 is 5.73 Å².